The first-order valence-corrected chi connectivity index (χ1v) is 5.33. The molecule has 0 saturated carbocycles. The summed E-state index contributed by atoms with van der Waals surface area (Å²) in [6, 6.07) is 0. The van der Waals surface area contributed by atoms with Crippen LogP contribution in [0.4, 0.5) is 0 Å². The molecule has 3 heteroatoms. The van der Waals surface area contributed by atoms with E-state index < -0.39 is 0 Å². The second-order valence-electron chi connectivity index (χ2n) is 3.34. The van der Waals surface area contributed by atoms with Crippen molar-refractivity contribution in [3.63, 3.8) is 0 Å². The quantitative estimate of drug-likeness (QED) is 0.459. The van der Waals surface area contributed by atoms with Gasteiger partial charge in [0.1, 0.15) is 0 Å². The third-order valence-electron chi connectivity index (χ3n) is 1.92. The number of unbranched alkanes of at least 4 members (excludes halogenated alkanes) is 6. The molecule has 3 nitrogen and oxygen atoms in total. The van der Waals surface area contributed by atoms with E-state index in [1.54, 1.807) is 0 Å². The molecule has 0 saturated heterocycles. The molecule has 83 valence electrons. The predicted octanol–water partition coefficient (Wildman–Crippen LogP) is 2.09. The molecule has 14 heavy (non-hydrogen) atoms. The molecular weight excluding hydrogens is 180 g/mol. The molecule has 1 N–H and O–H groups in total. The third-order valence-corrected chi connectivity index (χ3v) is 1.92. The molecule has 0 aliphatic rings. The minimum absolute atomic E-state index is 0.201. The average molecular weight is 201 g/mol. The average Bonchev–Trinajstić information content (AvgIpc) is 2.15. The molecule has 0 fully saturated rings. The topological polar surface area (TPSA) is 46.5 Å². The van der Waals surface area contributed by atoms with Crippen LogP contribution in [-0.4, -0.2) is 24.3 Å². The number of hydrogen-bond donors (Lipinski definition) is 1. The predicted molar refractivity (Wildman–Crippen MR) is 55.7 cm³/mol. The van der Waals surface area contributed by atoms with Crippen LogP contribution in [0.5, 0.6) is 0 Å². The van der Waals surface area contributed by atoms with E-state index in [0.717, 1.165) is 38.5 Å². The molecule has 0 atom stereocenters. The number of esters is 1. The molecular formula is C11H21O3. The summed E-state index contributed by atoms with van der Waals surface area (Å²) in [5, 5.41) is 8.53. The summed E-state index contributed by atoms with van der Waals surface area (Å²) in [7, 11) is 0. The van der Waals surface area contributed by atoms with Gasteiger partial charge in [-0.05, 0) is 25.7 Å². The first-order chi connectivity index (χ1) is 6.77. The molecule has 1 radical (unpaired) electrons. The number of hydrogen-bond acceptors (Lipinski definition) is 3. The van der Waals surface area contributed by atoms with Gasteiger partial charge in [0.25, 0.3) is 0 Å². The lowest BCUT2D eigenvalue weighted by Gasteiger charge is -2.01. The van der Waals surface area contributed by atoms with Crippen molar-refractivity contribution in [2.24, 2.45) is 0 Å². The molecule has 0 aromatic rings. The number of aliphatic hydroxyl groups excluding tert-OH is 1. The lowest BCUT2D eigenvalue weighted by molar-refractivity contribution is -0.141. The van der Waals surface area contributed by atoms with Gasteiger partial charge in [-0.15, -0.1) is 0 Å². The monoisotopic (exact) mass is 201 g/mol. The molecule has 0 aliphatic carbocycles. The minimum Gasteiger partial charge on any atom is -0.466 e. The summed E-state index contributed by atoms with van der Waals surface area (Å²) < 4.78 is 4.79. The van der Waals surface area contributed by atoms with Crippen molar-refractivity contribution < 1.29 is 14.6 Å². The van der Waals surface area contributed by atoms with Crippen molar-refractivity contribution in [3.05, 3.63) is 6.42 Å². The fourth-order valence-electron chi connectivity index (χ4n) is 1.17. The zero-order valence-electron chi connectivity index (χ0n) is 9.00. The van der Waals surface area contributed by atoms with Gasteiger partial charge in [-0.1, -0.05) is 19.3 Å². The molecule has 0 rings (SSSR count). The number of carbonyl (C=O) groups is 1. The number of ether oxygens (including phenoxy) is 1. The first-order valence-electron chi connectivity index (χ1n) is 5.33. The van der Waals surface area contributed by atoms with E-state index >= 15 is 0 Å². The molecule has 0 aromatic heterocycles. The van der Waals surface area contributed by atoms with Gasteiger partial charge in [0.15, 0.2) is 0 Å². The summed E-state index contributed by atoms with van der Waals surface area (Å²) in [4.78, 5) is 10.4. The smallest absolute Gasteiger partial charge is 0.302 e. The molecule has 0 amide bonds. The maximum Gasteiger partial charge on any atom is 0.302 e. The highest BCUT2D eigenvalue weighted by molar-refractivity contribution is 5.65. The summed E-state index contributed by atoms with van der Waals surface area (Å²) >= 11 is 0. The van der Waals surface area contributed by atoms with Gasteiger partial charge >= 0.3 is 5.97 Å². The Labute approximate surface area is 86.5 Å². The first kappa shape index (κ1) is 13.4. The standard InChI is InChI=1S/C11H21O3/c1-11(13)14-10-8-6-4-2-3-5-7-9-12/h4,12H,2-3,5-10H2,1H3. The lowest BCUT2D eigenvalue weighted by Crippen LogP contribution is -2.00. The van der Waals surface area contributed by atoms with E-state index in [9.17, 15) is 4.79 Å². The van der Waals surface area contributed by atoms with Gasteiger partial charge in [-0.2, -0.15) is 0 Å². The van der Waals surface area contributed by atoms with Crippen LogP contribution in [0.1, 0.15) is 45.4 Å². The summed E-state index contributed by atoms with van der Waals surface area (Å²) in [6.07, 6.45) is 8.39. The maximum atomic E-state index is 10.4. The van der Waals surface area contributed by atoms with Crippen LogP contribution in [0.3, 0.4) is 0 Å². The van der Waals surface area contributed by atoms with Crippen molar-refractivity contribution in [2.75, 3.05) is 13.2 Å². The summed E-state index contributed by atoms with van der Waals surface area (Å²) in [5.74, 6) is -0.201. The molecule has 0 unspecified atom stereocenters. The molecule has 0 bridgehead atoms. The van der Waals surface area contributed by atoms with Crippen LogP contribution in [-0.2, 0) is 9.53 Å². The molecule has 0 aliphatic heterocycles. The van der Waals surface area contributed by atoms with Gasteiger partial charge in [-0.25, -0.2) is 0 Å². The summed E-state index contributed by atoms with van der Waals surface area (Å²) in [5.41, 5.74) is 0. The highest BCUT2D eigenvalue weighted by Crippen LogP contribution is 2.05. The second kappa shape index (κ2) is 10.5. The van der Waals surface area contributed by atoms with Crippen molar-refractivity contribution in [1.82, 2.24) is 0 Å². The Kier molecular flexibility index (Phi) is 10.1. The zero-order valence-corrected chi connectivity index (χ0v) is 9.00. The largest absolute Gasteiger partial charge is 0.466 e. The van der Waals surface area contributed by atoms with Crippen LogP contribution >= 0.6 is 0 Å². The minimum atomic E-state index is -0.201. The van der Waals surface area contributed by atoms with Gasteiger partial charge in [-0.3, -0.25) is 4.79 Å². The van der Waals surface area contributed by atoms with Crippen LogP contribution in [0, 0.1) is 6.42 Å². The van der Waals surface area contributed by atoms with Crippen LogP contribution in [0.25, 0.3) is 0 Å². The van der Waals surface area contributed by atoms with Crippen molar-refractivity contribution in [2.45, 2.75) is 45.4 Å². The Morgan fingerprint density at radius 2 is 1.93 bits per heavy atom. The van der Waals surface area contributed by atoms with E-state index in [1.807, 2.05) is 0 Å². The van der Waals surface area contributed by atoms with Crippen molar-refractivity contribution >= 4 is 5.97 Å². The van der Waals surface area contributed by atoms with Crippen LogP contribution < -0.4 is 0 Å². The van der Waals surface area contributed by atoms with E-state index in [1.165, 1.54) is 6.92 Å². The van der Waals surface area contributed by atoms with Crippen LogP contribution in [0.2, 0.25) is 0 Å². The maximum absolute atomic E-state index is 10.4. The zero-order chi connectivity index (χ0) is 10.6. The second-order valence-corrected chi connectivity index (χ2v) is 3.34. The van der Waals surface area contributed by atoms with Crippen molar-refractivity contribution in [1.29, 1.82) is 0 Å². The van der Waals surface area contributed by atoms with Gasteiger partial charge in [0, 0.05) is 13.5 Å². The van der Waals surface area contributed by atoms with E-state index in [4.69, 9.17) is 9.84 Å². The molecule has 0 heterocycles. The number of rotatable bonds is 9. The number of carbonyl (C=O) groups excluding carboxylic acids is 1. The van der Waals surface area contributed by atoms with E-state index in [0.29, 0.717) is 13.2 Å². The van der Waals surface area contributed by atoms with Gasteiger partial charge in [0.2, 0.25) is 0 Å². The Hall–Kier alpha value is -0.570. The van der Waals surface area contributed by atoms with Crippen molar-refractivity contribution in [3.8, 4) is 0 Å². The third kappa shape index (κ3) is 11.4. The normalized spacial score (nSPS) is 10.1. The molecule has 0 spiro atoms. The van der Waals surface area contributed by atoms with Crippen LogP contribution in [0.15, 0.2) is 0 Å². The Bertz CT molecular complexity index is 134. The van der Waals surface area contributed by atoms with E-state index in [2.05, 4.69) is 6.42 Å². The Balaban J connectivity index is 2.88. The highest BCUT2D eigenvalue weighted by atomic mass is 16.5. The van der Waals surface area contributed by atoms with Gasteiger partial charge < -0.3 is 9.84 Å². The molecule has 0 aromatic carbocycles. The Morgan fingerprint density at radius 3 is 2.57 bits per heavy atom. The SMILES string of the molecule is CC(=O)OCCC[CH]CCCCCO. The number of aliphatic hydroxyl groups is 1. The van der Waals surface area contributed by atoms with Gasteiger partial charge in [0.05, 0.1) is 6.61 Å². The highest BCUT2D eigenvalue weighted by Gasteiger charge is 1.94. The Morgan fingerprint density at radius 1 is 1.21 bits per heavy atom. The summed E-state index contributed by atoms with van der Waals surface area (Å²) in [6.45, 7) is 2.26. The lowest BCUT2D eigenvalue weighted by atomic mass is 10.1. The van der Waals surface area contributed by atoms with E-state index in [-0.39, 0.29) is 5.97 Å². The fraction of sp³-hybridized carbons (Fsp3) is 0.818. The fourth-order valence-corrected chi connectivity index (χ4v) is 1.17.